The fourth-order valence-electron chi connectivity index (χ4n) is 4.35. The van der Waals surface area contributed by atoms with Gasteiger partial charge < -0.3 is 14.6 Å². The van der Waals surface area contributed by atoms with Crippen molar-refractivity contribution >= 4 is 58.9 Å². The first-order chi connectivity index (χ1) is 17.5. The van der Waals surface area contributed by atoms with Crippen molar-refractivity contribution in [2.45, 2.75) is 38.1 Å². The molecule has 0 aliphatic carbocycles. The first-order valence-electron chi connectivity index (χ1n) is 12.3. The topological polar surface area (TPSA) is 56.1 Å². The van der Waals surface area contributed by atoms with Gasteiger partial charge in [-0.2, -0.15) is 0 Å². The first-order valence-corrected chi connectivity index (χ1v) is 13.0. The predicted molar refractivity (Wildman–Crippen MR) is 163 cm³/mol. The lowest BCUT2D eigenvalue weighted by Gasteiger charge is -2.20. The molecule has 0 spiro atoms. The molecule has 204 valence electrons. The Bertz CT molecular complexity index is 1330. The van der Waals surface area contributed by atoms with Crippen LogP contribution in [0, 0.1) is 0 Å². The zero-order valence-electron chi connectivity index (χ0n) is 21.2. The Balaban J connectivity index is 0.00000253. The third-order valence-corrected chi connectivity index (χ3v) is 7.04. The zero-order chi connectivity index (χ0) is 25.3. The fraction of sp³-hybridized carbons (Fsp3) is 0.310. The number of pyridine rings is 2. The SMILES string of the molecule is Cl.Cl.Cn1c(=O)ccc2cc(OCCCCCNC(Cc3cccnc3)Cc3c(Cl)cccc3Cl)ccc21. The molecule has 4 aromatic rings. The Morgan fingerprint density at radius 1 is 0.947 bits per heavy atom. The maximum absolute atomic E-state index is 11.8. The van der Waals surface area contributed by atoms with E-state index in [1.165, 1.54) is 5.56 Å². The Kier molecular flexibility index (Phi) is 13.4. The molecule has 0 fully saturated rings. The Morgan fingerprint density at radius 2 is 1.74 bits per heavy atom. The van der Waals surface area contributed by atoms with E-state index in [1.807, 2.05) is 54.7 Å². The lowest BCUT2D eigenvalue weighted by molar-refractivity contribution is 0.304. The van der Waals surface area contributed by atoms with E-state index in [2.05, 4.69) is 16.4 Å². The van der Waals surface area contributed by atoms with Gasteiger partial charge in [0.2, 0.25) is 0 Å². The summed E-state index contributed by atoms with van der Waals surface area (Å²) in [5.41, 5.74) is 3.05. The Morgan fingerprint density at radius 3 is 2.47 bits per heavy atom. The molecular weight excluding hydrogens is 564 g/mol. The monoisotopic (exact) mass is 595 g/mol. The maximum Gasteiger partial charge on any atom is 0.250 e. The van der Waals surface area contributed by atoms with Gasteiger partial charge in [0, 0.05) is 47.0 Å². The molecule has 1 unspecified atom stereocenters. The highest BCUT2D eigenvalue weighted by atomic mass is 35.5. The van der Waals surface area contributed by atoms with E-state index in [4.69, 9.17) is 27.9 Å². The Labute approximate surface area is 246 Å². The molecule has 0 aliphatic heterocycles. The average molecular weight is 597 g/mol. The van der Waals surface area contributed by atoms with Crippen molar-refractivity contribution in [2.24, 2.45) is 7.05 Å². The van der Waals surface area contributed by atoms with Crippen LogP contribution in [0.2, 0.25) is 10.0 Å². The van der Waals surface area contributed by atoms with Gasteiger partial charge in [-0.3, -0.25) is 9.78 Å². The number of hydrogen-bond acceptors (Lipinski definition) is 4. The van der Waals surface area contributed by atoms with Crippen LogP contribution in [0.25, 0.3) is 10.9 Å². The summed E-state index contributed by atoms with van der Waals surface area (Å²) >= 11 is 12.9. The van der Waals surface area contributed by atoms with Crippen LogP contribution >= 0.6 is 48.0 Å². The summed E-state index contributed by atoms with van der Waals surface area (Å²) in [5, 5.41) is 6.10. The number of hydrogen-bond donors (Lipinski definition) is 1. The van der Waals surface area contributed by atoms with Crippen LogP contribution in [-0.4, -0.2) is 28.7 Å². The lowest BCUT2D eigenvalue weighted by atomic mass is 9.99. The smallest absolute Gasteiger partial charge is 0.250 e. The van der Waals surface area contributed by atoms with E-state index in [0.29, 0.717) is 16.7 Å². The van der Waals surface area contributed by atoms with Crippen molar-refractivity contribution < 1.29 is 4.74 Å². The number of aryl methyl sites for hydroxylation is 1. The van der Waals surface area contributed by atoms with Crippen LogP contribution in [0.15, 0.2) is 77.9 Å². The molecule has 0 radical (unpaired) electrons. The molecule has 0 saturated carbocycles. The van der Waals surface area contributed by atoms with Gasteiger partial charge in [-0.15, -0.1) is 24.8 Å². The Hall–Kier alpha value is -2.28. The van der Waals surface area contributed by atoms with Crippen molar-refractivity contribution in [1.29, 1.82) is 0 Å². The molecule has 1 atom stereocenters. The van der Waals surface area contributed by atoms with Crippen LogP contribution in [0.4, 0.5) is 0 Å². The second-order valence-corrected chi connectivity index (χ2v) is 9.80. The van der Waals surface area contributed by atoms with Gasteiger partial charge in [0.25, 0.3) is 5.56 Å². The summed E-state index contributed by atoms with van der Waals surface area (Å²) in [4.78, 5) is 16.0. The number of fused-ring (bicyclic) bond motifs is 1. The van der Waals surface area contributed by atoms with Crippen molar-refractivity contribution in [2.75, 3.05) is 13.2 Å². The molecule has 0 amide bonds. The number of benzene rings is 2. The summed E-state index contributed by atoms with van der Waals surface area (Å²) < 4.78 is 7.60. The summed E-state index contributed by atoms with van der Waals surface area (Å²) in [6.45, 7) is 1.56. The first kappa shape index (κ1) is 31.9. The van der Waals surface area contributed by atoms with E-state index < -0.39 is 0 Å². The van der Waals surface area contributed by atoms with E-state index in [9.17, 15) is 4.79 Å². The molecule has 5 nitrogen and oxygen atoms in total. The van der Waals surface area contributed by atoms with Crippen LogP contribution < -0.4 is 15.6 Å². The zero-order valence-corrected chi connectivity index (χ0v) is 24.4. The summed E-state index contributed by atoms with van der Waals surface area (Å²) in [6.07, 6.45) is 8.38. The number of ether oxygens (including phenoxy) is 1. The molecular formula is C29H33Cl4N3O2. The highest BCUT2D eigenvalue weighted by Gasteiger charge is 2.15. The summed E-state index contributed by atoms with van der Waals surface area (Å²) in [7, 11) is 1.78. The molecule has 4 rings (SSSR count). The molecule has 2 aromatic heterocycles. The number of nitrogens with zero attached hydrogens (tertiary/aromatic N) is 2. The predicted octanol–water partition coefficient (Wildman–Crippen LogP) is 7.08. The van der Waals surface area contributed by atoms with E-state index >= 15 is 0 Å². The highest BCUT2D eigenvalue weighted by molar-refractivity contribution is 6.36. The van der Waals surface area contributed by atoms with Crippen LogP contribution in [0.3, 0.4) is 0 Å². The van der Waals surface area contributed by atoms with Crippen molar-refractivity contribution in [1.82, 2.24) is 14.9 Å². The molecule has 0 saturated heterocycles. The minimum atomic E-state index is -0.0117. The summed E-state index contributed by atoms with van der Waals surface area (Å²) in [5.74, 6) is 0.826. The number of unbranched alkanes of at least 4 members (excludes halogenated alkanes) is 2. The van der Waals surface area contributed by atoms with E-state index in [0.717, 1.165) is 60.9 Å². The third kappa shape index (κ3) is 8.89. The van der Waals surface area contributed by atoms with E-state index in [1.54, 1.807) is 23.9 Å². The number of halogens is 4. The van der Waals surface area contributed by atoms with Crippen LogP contribution in [-0.2, 0) is 19.9 Å². The number of rotatable bonds is 12. The van der Waals surface area contributed by atoms with E-state index in [-0.39, 0.29) is 36.4 Å². The quantitative estimate of drug-likeness (QED) is 0.178. The molecule has 0 bridgehead atoms. The van der Waals surface area contributed by atoms with Gasteiger partial charge >= 0.3 is 0 Å². The lowest BCUT2D eigenvalue weighted by Crippen LogP contribution is -2.34. The normalized spacial score (nSPS) is 11.4. The van der Waals surface area contributed by atoms with Crippen LogP contribution in [0.5, 0.6) is 5.75 Å². The standard InChI is InChI=1S/C29H31Cl2N3O2.2ClH/c1-34-28-12-11-24(18-22(28)10-13-29(34)35)36-16-4-2-3-15-33-23(17-21-7-6-14-32-20-21)19-25-26(30)8-5-9-27(25)31;;/h5-14,18,20,23,33H,2-4,15-17,19H2,1H3;2*1H. The van der Waals surface area contributed by atoms with Gasteiger partial charge in [-0.1, -0.05) is 35.3 Å². The maximum atomic E-state index is 11.8. The second kappa shape index (κ2) is 16.0. The minimum absolute atomic E-state index is 0. The largest absolute Gasteiger partial charge is 0.494 e. The molecule has 0 aliphatic rings. The molecule has 9 heteroatoms. The number of aromatic nitrogens is 2. The summed E-state index contributed by atoms with van der Waals surface area (Å²) in [6, 6.07) is 19.2. The van der Waals surface area contributed by atoms with Gasteiger partial charge in [-0.05, 0) is 92.2 Å². The molecule has 2 heterocycles. The molecule has 1 N–H and O–H groups in total. The van der Waals surface area contributed by atoms with Crippen molar-refractivity contribution in [3.63, 3.8) is 0 Å². The second-order valence-electron chi connectivity index (χ2n) is 8.98. The van der Waals surface area contributed by atoms with Gasteiger partial charge in [-0.25, -0.2) is 0 Å². The number of nitrogens with one attached hydrogen (secondary N) is 1. The fourth-order valence-corrected chi connectivity index (χ4v) is 4.90. The van der Waals surface area contributed by atoms with Crippen molar-refractivity contribution in [3.8, 4) is 5.75 Å². The molecule has 2 aromatic carbocycles. The van der Waals surface area contributed by atoms with Crippen LogP contribution in [0.1, 0.15) is 30.4 Å². The van der Waals surface area contributed by atoms with Gasteiger partial charge in [0.15, 0.2) is 0 Å². The van der Waals surface area contributed by atoms with Gasteiger partial charge in [0.05, 0.1) is 12.1 Å². The average Bonchev–Trinajstić information content (AvgIpc) is 2.88. The highest BCUT2D eigenvalue weighted by Crippen LogP contribution is 2.26. The third-order valence-electron chi connectivity index (χ3n) is 6.34. The van der Waals surface area contributed by atoms with Crippen molar-refractivity contribution in [3.05, 3.63) is 105 Å². The van der Waals surface area contributed by atoms with Gasteiger partial charge in [0.1, 0.15) is 5.75 Å². The molecule has 38 heavy (non-hydrogen) atoms. The minimum Gasteiger partial charge on any atom is -0.494 e.